The average molecular weight is 281 g/mol. The summed E-state index contributed by atoms with van der Waals surface area (Å²) in [7, 11) is 1.72. The van der Waals surface area contributed by atoms with E-state index in [1.54, 1.807) is 7.11 Å². The van der Waals surface area contributed by atoms with Gasteiger partial charge in [-0.05, 0) is 18.8 Å². The maximum absolute atomic E-state index is 5.99. The maximum atomic E-state index is 5.99. The van der Waals surface area contributed by atoms with Crippen LogP contribution < -0.4 is 5.73 Å². The molecule has 1 aliphatic carbocycles. The van der Waals surface area contributed by atoms with E-state index in [9.17, 15) is 0 Å². The Labute approximate surface area is 119 Å². The minimum atomic E-state index is -0.0636. The van der Waals surface area contributed by atoms with E-state index in [0.29, 0.717) is 30.8 Å². The van der Waals surface area contributed by atoms with Crippen LogP contribution in [-0.2, 0) is 9.47 Å². The van der Waals surface area contributed by atoms with Crippen LogP contribution in [0.1, 0.15) is 55.8 Å². The Morgan fingerprint density at radius 1 is 1.25 bits per heavy atom. The van der Waals surface area contributed by atoms with Crippen molar-refractivity contribution >= 4 is 0 Å². The van der Waals surface area contributed by atoms with Crippen molar-refractivity contribution in [1.29, 1.82) is 0 Å². The van der Waals surface area contributed by atoms with E-state index in [1.807, 2.05) is 0 Å². The first-order valence-electron chi connectivity index (χ1n) is 7.49. The van der Waals surface area contributed by atoms with Crippen LogP contribution in [0, 0.1) is 5.92 Å². The zero-order chi connectivity index (χ0) is 13.9. The Morgan fingerprint density at radius 3 is 2.70 bits per heavy atom. The molecule has 1 aliphatic heterocycles. The Hall–Kier alpha value is -0.980. The third-order valence-corrected chi connectivity index (χ3v) is 4.49. The van der Waals surface area contributed by atoms with Gasteiger partial charge in [0.25, 0.3) is 0 Å². The summed E-state index contributed by atoms with van der Waals surface area (Å²) < 4.78 is 16.4. The first kappa shape index (κ1) is 14.0. The molecule has 6 nitrogen and oxygen atoms in total. The number of nitrogens with zero attached hydrogens (tertiary/aromatic N) is 2. The van der Waals surface area contributed by atoms with Crippen molar-refractivity contribution in [1.82, 2.24) is 10.1 Å². The molecule has 3 unspecified atom stereocenters. The molecule has 2 fully saturated rings. The van der Waals surface area contributed by atoms with Gasteiger partial charge in [-0.2, -0.15) is 4.98 Å². The molecule has 20 heavy (non-hydrogen) atoms. The summed E-state index contributed by atoms with van der Waals surface area (Å²) in [6.45, 7) is 1.11. The largest absolute Gasteiger partial charge is 0.379 e. The lowest BCUT2D eigenvalue weighted by atomic mass is 9.85. The minimum Gasteiger partial charge on any atom is -0.379 e. The third kappa shape index (κ3) is 2.73. The van der Waals surface area contributed by atoms with Gasteiger partial charge in [0.05, 0.1) is 19.1 Å². The van der Waals surface area contributed by atoms with Crippen molar-refractivity contribution in [2.45, 2.75) is 50.2 Å². The molecule has 112 valence electrons. The number of rotatable bonds is 4. The van der Waals surface area contributed by atoms with Crippen LogP contribution in [0.4, 0.5) is 0 Å². The highest BCUT2D eigenvalue weighted by Gasteiger charge is 2.34. The summed E-state index contributed by atoms with van der Waals surface area (Å²) >= 11 is 0. The van der Waals surface area contributed by atoms with Crippen molar-refractivity contribution in [3.63, 3.8) is 0 Å². The molecule has 0 radical (unpaired) electrons. The Morgan fingerprint density at radius 2 is 2.05 bits per heavy atom. The summed E-state index contributed by atoms with van der Waals surface area (Å²) in [5.41, 5.74) is 5.99. The monoisotopic (exact) mass is 281 g/mol. The van der Waals surface area contributed by atoms with E-state index in [-0.39, 0.29) is 18.1 Å². The minimum absolute atomic E-state index is 0.0140. The summed E-state index contributed by atoms with van der Waals surface area (Å²) in [5.74, 6) is 1.75. The highest BCUT2D eigenvalue weighted by atomic mass is 16.5. The van der Waals surface area contributed by atoms with Crippen molar-refractivity contribution in [2.75, 3.05) is 20.3 Å². The molecule has 3 rings (SSSR count). The molecule has 3 atom stereocenters. The molecular weight excluding hydrogens is 258 g/mol. The van der Waals surface area contributed by atoms with Crippen molar-refractivity contribution in [3.05, 3.63) is 11.7 Å². The number of hydrogen-bond donors (Lipinski definition) is 1. The van der Waals surface area contributed by atoms with Gasteiger partial charge in [-0.1, -0.05) is 24.4 Å². The van der Waals surface area contributed by atoms with Gasteiger partial charge in [-0.25, -0.2) is 0 Å². The van der Waals surface area contributed by atoms with Crippen LogP contribution in [0.5, 0.6) is 0 Å². The highest BCUT2D eigenvalue weighted by Crippen LogP contribution is 2.36. The van der Waals surface area contributed by atoms with Crippen molar-refractivity contribution in [3.8, 4) is 0 Å². The third-order valence-electron chi connectivity index (χ3n) is 4.49. The van der Waals surface area contributed by atoms with Crippen LogP contribution in [0.25, 0.3) is 0 Å². The summed E-state index contributed by atoms with van der Waals surface area (Å²) in [5, 5.41) is 4.12. The van der Waals surface area contributed by atoms with Crippen LogP contribution >= 0.6 is 0 Å². The van der Waals surface area contributed by atoms with Gasteiger partial charge >= 0.3 is 0 Å². The highest BCUT2D eigenvalue weighted by molar-refractivity contribution is 5.03. The van der Waals surface area contributed by atoms with E-state index in [0.717, 1.165) is 0 Å². The predicted molar refractivity (Wildman–Crippen MR) is 72.2 cm³/mol. The SMILES string of the molecule is COC(c1noc(C2COCC2N)n1)C1CCCCC1. The van der Waals surface area contributed by atoms with Crippen molar-refractivity contribution < 1.29 is 14.0 Å². The molecule has 0 amide bonds. The molecule has 0 spiro atoms. The van der Waals surface area contributed by atoms with Gasteiger partial charge in [0.2, 0.25) is 11.7 Å². The zero-order valence-corrected chi connectivity index (χ0v) is 12.0. The number of aromatic nitrogens is 2. The van der Waals surface area contributed by atoms with Crippen LogP contribution in [0.15, 0.2) is 4.52 Å². The standard InChI is InChI=1S/C14H23N3O3/c1-18-12(9-5-3-2-4-6-9)13-16-14(20-17-13)10-7-19-8-11(10)15/h9-12H,2-8,15H2,1H3. The molecule has 1 saturated heterocycles. The molecule has 2 N–H and O–H groups in total. The maximum Gasteiger partial charge on any atom is 0.233 e. The fraction of sp³-hybridized carbons (Fsp3) is 0.857. The lowest BCUT2D eigenvalue weighted by Gasteiger charge is -2.26. The van der Waals surface area contributed by atoms with Gasteiger partial charge in [-0.15, -0.1) is 0 Å². The summed E-state index contributed by atoms with van der Waals surface area (Å²) in [6.07, 6.45) is 6.13. The summed E-state index contributed by atoms with van der Waals surface area (Å²) in [4.78, 5) is 4.53. The lowest BCUT2D eigenvalue weighted by molar-refractivity contribution is 0.0273. The van der Waals surface area contributed by atoms with Crippen molar-refractivity contribution in [2.24, 2.45) is 11.7 Å². The van der Waals surface area contributed by atoms with E-state index in [2.05, 4.69) is 10.1 Å². The predicted octanol–water partition coefficient (Wildman–Crippen LogP) is 1.78. The Bertz CT molecular complexity index is 431. The molecular formula is C14H23N3O3. The Kier molecular flexibility index (Phi) is 4.33. The van der Waals surface area contributed by atoms with E-state index >= 15 is 0 Å². The summed E-state index contributed by atoms with van der Waals surface area (Å²) in [6, 6.07) is -0.0565. The zero-order valence-electron chi connectivity index (χ0n) is 12.0. The second-order valence-electron chi connectivity index (χ2n) is 5.85. The number of methoxy groups -OCH3 is 1. The first-order valence-corrected chi connectivity index (χ1v) is 7.49. The second kappa shape index (κ2) is 6.20. The van der Waals surface area contributed by atoms with Gasteiger partial charge in [0.15, 0.2) is 0 Å². The quantitative estimate of drug-likeness (QED) is 0.905. The van der Waals surface area contributed by atoms with E-state index in [4.69, 9.17) is 19.7 Å². The second-order valence-corrected chi connectivity index (χ2v) is 5.85. The van der Waals surface area contributed by atoms with Crippen LogP contribution in [-0.4, -0.2) is 36.5 Å². The molecule has 1 aromatic heterocycles. The van der Waals surface area contributed by atoms with E-state index in [1.165, 1.54) is 32.1 Å². The number of nitrogens with two attached hydrogens (primary N) is 1. The average Bonchev–Trinajstić information content (AvgIpc) is 3.10. The molecule has 6 heteroatoms. The number of ether oxygens (including phenoxy) is 2. The molecule has 0 bridgehead atoms. The topological polar surface area (TPSA) is 83.4 Å². The smallest absolute Gasteiger partial charge is 0.233 e. The molecule has 2 heterocycles. The van der Waals surface area contributed by atoms with Crippen LogP contribution in [0.3, 0.4) is 0 Å². The molecule has 1 aromatic rings. The Balaban J connectivity index is 1.73. The normalized spacial score (nSPS) is 29.7. The van der Waals surface area contributed by atoms with Gasteiger partial charge < -0.3 is 19.7 Å². The lowest BCUT2D eigenvalue weighted by Crippen LogP contribution is -2.27. The fourth-order valence-electron chi connectivity index (χ4n) is 3.28. The molecule has 1 saturated carbocycles. The van der Waals surface area contributed by atoms with Gasteiger partial charge in [-0.3, -0.25) is 0 Å². The van der Waals surface area contributed by atoms with Gasteiger partial charge in [0.1, 0.15) is 6.10 Å². The van der Waals surface area contributed by atoms with Gasteiger partial charge in [0, 0.05) is 13.2 Å². The first-order chi connectivity index (χ1) is 9.79. The molecule has 0 aromatic carbocycles. The van der Waals surface area contributed by atoms with E-state index < -0.39 is 0 Å². The van der Waals surface area contributed by atoms with Crippen LogP contribution in [0.2, 0.25) is 0 Å². The molecule has 2 aliphatic rings. The fourth-order valence-corrected chi connectivity index (χ4v) is 3.28. The number of hydrogen-bond acceptors (Lipinski definition) is 6.